The molecule has 14 heteroatoms. The highest BCUT2D eigenvalue weighted by molar-refractivity contribution is 6.32. The van der Waals surface area contributed by atoms with Crippen LogP contribution in [0.5, 0.6) is 0 Å². The van der Waals surface area contributed by atoms with Gasteiger partial charge in [-0.15, -0.1) is 0 Å². The Morgan fingerprint density at radius 2 is 1.16 bits per heavy atom. The fraction of sp³-hybridized carbons (Fsp3) is 0.0244. The number of nitrogens with zero attached hydrogens (tertiary/aromatic N) is 7. The molecule has 0 unspecified atom stereocenters. The molecule has 0 saturated carbocycles. The van der Waals surface area contributed by atoms with E-state index < -0.39 is 22.5 Å². The zero-order valence-electron chi connectivity index (χ0n) is 28.6. The standard InChI is InChI=1S/C21H13ClN4O2.C20H11ClN4O2/c1-25-19-18(23-11-12-24-19)20(27)26(21(25)28)17-10-9-15(13-16(17)22)8-7-14-5-3-2-4-6-14;21-16-10-14(7-6-13-4-2-1-3-5-13)8-9-17(16)25-19(26)15-11-22-12-23-18(15)24-20(25)27/h2-6,9-13H,1H3;1-5,8-12H,(H,22,23,24,27). The molecule has 0 aliphatic carbocycles. The Morgan fingerprint density at radius 3 is 1.75 bits per heavy atom. The molecule has 8 rings (SSSR count). The second-order valence-corrected chi connectivity index (χ2v) is 12.4. The van der Waals surface area contributed by atoms with Gasteiger partial charge in [-0.05, 0) is 60.7 Å². The van der Waals surface area contributed by atoms with E-state index in [1.54, 1.807) is 36.4 Å². The highest BCUT2D eigenvalue weighted by Crippen LogP contribution is 2.21. The summed E-state index contributed by atoms with van der Waals surface area (Å²) in [6, 6.07) is 28.9. The molecule has 0 fully saturated rings. The normalized spacial score (nSPS) is 10.5. The third-order valence-corrected chi connectivity index (χ3v) is 8.69. The van der Waals surface area contributed by atoms with Crippen molar-refractivity contribution in [2.24, 2.45) is 7.05 Å². The number of fused-ring (bicyclic) bond motifs is 2. The number of aromatic amines is 1. The summed E-state index contributed by atoms with van der Waals surface area (Å²) in [6.45, 7) is 0. The second kappa shape index (κ2) is 15.7. The van der Waals surface area contributed by atoms with Crippen LogP contribution in [0.25, 0.3) is 33.6 Å². The van der Waals surface area contributed by atoms with E-state index in [1.165, 1.54) is 36.5 Å². The van der Waals surface area contributed by atoms with Gasteiger partial charge in [0.15, 0.2) is 11.2 Å². The number of halogens is 2. The van der Waals surface area contributed by atoms with Crippen LogP contribution in [0.15, 0.2) is 141 Å². The van der Waals surface area contributed by atoms with Crippen molar-refractivity contribution in [3.8, 4) is 35.1 Å². The third-order valence-electron chi connectivity index (χ3n) is 8.08. The lowest BCUT2D eigenvalue weighted by molar-refractivity contribution is 0.760. The van der Waals surface area contributed by atoms with Gasteiger partial charge in [0.2, 0.25) is 0 Å². The van der Waals surface area contributed by atoms with Gasteiger partial charge < -0.3 is 0 Å². The lowest BCUT2D eigenvalue weighted by atomic mass is 10.1. The molecule has 0 bridgehead atoms. The van der Waals surface area contributed by atoms with Crippen LogP contribution >= 0.6 is 23.2 Å². The van der Waals surface area contributed by atoms with Crippen LogP contribution in [0.4, 0.5) is 0 Å². The molecule has 0 radical (unpaired) electrons. The summed E-state index contributed by atoms with van der Waals surface area (Å²) in [5.41, 5.74) is 1.81. The summed E-state index contributed by atoms with van der Waals surface area (Å²) in [7, 11) is 1.53. The molecule has 8 aromatic rings. The first kappa shape index (κ1) is 36.0. The average molecular weight is 764 g/mol. The van der Waals surface area contributed by atoms with Gasteiger partial charge in [0.1, 0.15) is 17.4 Å². The van der Waals surface area contributed by atoms with Crippen LogP contribution in [0.1, 0.15) is 22.3 Å². The Bertz CT molecular complexity index is 3140. The highest BCUT2D eigenvalue weighted by Gasteiger charge is 2.17. The minimum atomic E-state index is -0.629. The van der Waals surface area contributed by atoms with Crippen molar-refractivity contribution >= 4 is 45.4 Å². The van der Waals surface area contributed by atoms with Crippen molar-refractivity contribution in [3.05, 3.63) is 196 Å². The maximum Gasteiger partial charge on any atom is 0.337 e. The van der Waals surface area contributed by atoms with Gasteiger partial charge in [-0.3, -0.25) is 19.1 Å². The first-order valence-electron chi connectivity index (χ1n) is 16.3. The van der Waals surface area contributed by atoms with Gasteiger partial charge in [-0.1, -0.05) is 83.3 Å². The molecule has 0 atom stereocenters. The van der Waals surface area contributed by atoms with Crippen molar-refractivity contribution in [2.45, 2.75) is 0 Å². The average Bonchev–Trinajstić information content (AvgIpc) is 3.21. The van der Waals surface area contributed by atoms with Crippen LogP contribution < -0.4 is 22.5 Å². The molecule has 0 aliphatic rings. The summed E-state index contributed by atoms with van der Waals surface area (Å²) in [5.74, 6) is 12.1. The minimum absolute atomic E-state index is 0.0913. The first-order chi connectivity index (χ1) is 26.7. The van der Waals surface area contributed by atoms with Crippen LogP contribution in [0, 0.1) is 23.7 Å². The van der Waals surface area contributed by atoms with E-state index in [0.717, 1.165) is 20.3 Å². The molecule has 55 heavy (non-hydrogen) atoms. The van der Waals surface area contributed by atoms with E-state index in [4.69, 9.17) is 23.2 Å². The Kier molecular flexibility index (Phi) is 10.3. The highest BCUT2D eigenvalue weighted by atomic mass is 35.5. The number of hydrogen-bond acceptors (Lipinski definition) is 8. The zero-order chi connectivity index (χ0) is 38.5. The van der Waals surface area contributed by atoms with Crippen LogP contribution in [0.2, 0.25) is 10.0 Å². The molecule has 4 aromatic carbocycles. The van der Waals surface area contributed by atoms with Gasteiger partial charge in [-0.25, -0.2) is 38.7 Å². The largest absolute Gasteiger partial charge is 0.337 e. The smallest absolute Gasteiger partial charge is 0.291 e. The lowest BCUT2D eigenvalue weighted by Crippen LogP contribution is -2.38. The van der Waals surface area contributed by atoms with E-state index in [2.05, 4.69) is 48.6 Å². The van der Waals surface area contributed by atoms with Gasteiger partial charge in [0, 0.05) is 47.9 Å². The van der Waals surface area contributed by atoms with Crippen molar-refractivity contribution < 1.29 is 0 Å². The summed E-state index contributed by atoms with van der Waals surface area (Å²) < 4.78 is 3.22. The fourth-order valence-corrected chi connectivity index (χ4v) is 5.94. The van der Waals surface area contributed by atoms with Crippen LogP contribution in [-0.2, 0) is 7.05 Å². The van der Waals surface area contributed by atoms with Crippen molar-refractivity contribution in [1.29, 1.82) is 0 Å². The zero-order valence-corrected chi connectivity index (χ0v) is 30.1. The van der Waals surface area contributed by atoms with E-state index >= 15 is 0 Å². The summed E-state index contributed by atoms with van der Waals surface area (Å²) >= 11 is 12.7. The van der Waals surface area contributed by atoms with Crippen molar-refractivity contribution in [2.75, 3.05) is 0 Å². The quantitative estimate of drug-likeness (QED) is 0.241. The van der Waals surface area contributed by atoms with E-state index in [0.29, 0.717) is 11.1 Å². The number of aromatic nitrogens is 8. The van der Waals surface area contributed by atoms with E-state index in [1.807, 2.05) is 60.7 Å². The maximum absolute atomic E-state index is 12.8. The van der Waals surface area contributed by atoms with Crippen LogP contribution in [0.3, 0.4) is 0 Å². The Balaban J connectivity index is 0.000000169. The van der Waals surface area contributed by atoms with Crippen LogP contribution in [-0.4, -0.2) is 38.6 Å². The molecule has 0 aliphatic heterocycles. The Hall–Kier alpha value is -7.38. The molecule has 0 spiro atoms. The Labute approximate surface area is 321 Å². The van der Waals surface area contributed by atoms with E-state index in [-0.39, 0.29) is 43.6 Å². The minimum Gasteiger partial charge on any atom is -0.291 e. The van der Waals surface area contributed by atoms with Gasteiger partial charge >= 0.3 is 11.4 Å². The molecule has 4 aromatic heterocycles. The van der Waals surface area contributed by atoms with Crippen molar-refractivity contribution in [1.82, 2.24) is 38.6 Å². The van der Waals surface area contributed by atoms with Gasteiger partial charge in [0.25, 0.3) is 11.1 Å². The number of H-pyrrole nitrogens is 1. The molecular formula is C41H24Cl2N8O4. The summed E-state index contributed by atoms with van der Waals surface area (Å²) in [6.07, 6.45) is 5.45. The number of hydrogen-bond donors (Lipinski definition) is 1. The maximum atomic E-state index is 12.8. The van der Waals surface area contributed by atoms with Gasteiger partial charge in [-0.2, -0.15) is 0 Å². The van der Waals surface area contributed by atoms with Gasteiger partial charge in [0.05, 0.1) is 21.4 Å². The van der Waals surface area contributed by atoms with E-state index in [9.17, 15) is 19.2 Å². The SMILES string of the molecule is Cn1c(=O)n(-c2ccc(C#Cc3ccccc3)cc2Cl)c(=O)c2nccnc21.O=c1[nH]c2ncncc2c(=O)n1-c1ccc(C#Cc2ccccc2)cc1Cl. The summed E-state index contributed by atoms with van der Waals surface area (Å²) in [4.78, 5) is 69.0. The Morgan fingerprint density at radius 1 is 0.618 bits per heavy atom. The molecule has 4 heterocycles. The summed E-state index contributed by atoms with van der Waals surface area (Å²) in [5, 5.41) is 0.669. The van der Waals surface area contributed by atoms with Crippen molar-refractivity contribution in [3.63, 3.8) is 0 Å². The first-order valence-corrected chi connectivity index (χ1v) is 17.1. The molecule has 0 saturated heterocycles. The molecule has 12 nitrogen and oxygen atoms in total. The molecule has 1 N–H and O–H groups in total. The molecule has 266 valence electrons. The molecule has 0 amide bonds. The number of aryl methyl sites for hydroxylation is 1. The fourth-order valence-electron chi connectivity index (χ4n) is 5.41. The predicted molar refractivity (Wildman–Crippen MR) is 211 cm³/mol. The topological polar surface area (TPSA) is 150 Å². The number of nitrogens with one attached hydrogen (secondary N) is 1. The third kappa shape index (κ3) is 7.59. The number of benzene rings is 4. The predicted octanol–water partition coefficient (Wildman–Crippen LogP) is 5.05. The second-order valence-electron chi connectivity index (χ2n) is 11.6. The molecular weight excluding hydrogens is 739 g/mol. The monoisotopic (exact) mass is 762 g/mol. The number of rotatable bonds is 2. The lowest BCUT2D eigenvalue weighted by Gasteiger charge is -2.11.